The summed E-state index contributed by atoms with van der Waals surface area (Å²) in [7, 11) is 0. The van der Waals surface area contributed by atoms with Crippen molar-refractivity contribution in [2.45, 2.75) is 31.4 Å². The van der Waals surface area contributed by atoms with Gasteiger partial charge in [-0.1, -0.05) is 18.2 Å². The molecule has 0 aromatic heterocycles. The topological polar surface area (TPSA) is 35.2 Å². The molecule has 2 unspecified atom stereocenters. The van der Waals surface area contributed by atoms with E-state index in [2.05, 4.69) is 18.2 Å². The third-order valence-electron chi connectivity index (χ3n) is 4.15. The molecule has 0 amide bonds. The second-order valence-electron chi connectivity index (χ2n) is 5.06. The fourth-order valence-corrected chi connectivity index (χ4v) is 3.48. The predicted octanol–water partition coefficient (Wildman–Crippen LogP) is 2.49. The molecule has 1 aliphatic heterocycles. The summed E-state index contributed by atoms with van der Waals surface area (Å²) in [6, 6.07) is 4.54. The Kier molecular flexibility index (Phi) is 1.66. The average Bonchev–Trinajstić information content (AvgIpc) is 2.89. The highest BCUT2D eigenvalue weighted by atomic mass is 16.5. The molecule has 4 rings (SSSR count). The van der Waals surface area contributed by atoms with Crippen LogP contribution in [-0.2, 0) is 11.3 Å². The molecule has 82 valence electrons. The van der Waals surface area contributed by atoms with Crippen molar-refractivity contribution in [2.24, 2.45) is 5.73 Å². The maximum atomic E-state index is 6.20. The van der Waals surface area contributed by atoms with Gasteiger partial charge in [0.25, 0.3) is 0 Å². The lowest BCUT2D eigenvalue weighted by Gasteiger charge is -2.29. The molecule has 16 heavy (non-hydrogen) atoms. The smallest absolute Gasteiger partial charge is 0.0721 e. The van der Waals surface area contributed by atoms with Crippen LogP contribution in [0.15, 0.2) is 18.2 Å². The Morgan fingerprint density at radius 3 is 3.12 bits per heavy atom. The van der Waals surface area contributed by atoms with Crippen LogP contribution in [0, 0.1) is 0 Å². The highest BCUT2D eigenvalue weighted by molar-refractivity contribution is 5.79. The van der Waals surface area contributed by atoms with E-state index in [0.29, 0.717) is 12.5 Å². The summed E-state index contributed by atoms with van der Waals surface area (Å²) in [6.07, 6.45) is 4.97. The lowest BCUT2D eigenvalue weighted by molar-refractivity contribution is 0.0919. The Morgan fingerprint density at radius 2 is 2.19 bits per heavy atom. The minimum Gasteiger partial charge on any atom is -0.375 e. The molecule has 0 spiro atoms. The highest BCUT2D eigenvalue weighted by Crippen LogP contribution is 2.50. The summed E-state index contributed by atoms with van der Waals surface area (Å²) < 4.78 is 5.51. The van der Waals surface area contributed by atoms with E-state index in [1.807, 2.05) is 0 Å². The molecule has 0 saturated heterocycles. The monoisotopic (exact) mass is 213 g/mol. The summed E-state index contributed by atoms with van der Waals surface area (Å²) in [6.45, 7) is 1.41. The van der Waals surface area contributed by atoms with E-state index in [1.165, 1.54) is 35.1 Å². The Morgan fingerprint density at radius 1 is 1.25 bits per heavy atom. The fraction of sp³-hybridized carbons (Fsp3) is 0.429. The third kappa shape index (κ3) is 0.989. The lowest BCUT2D eigenvalue weighted by Crippen LogP contribution is -2.26. The van der Waals surface area contributed by atoms with Gasteiger partial charge in [0.05, 0.1) is 19.3 Å². The number of fused-ring (bicyclic) bond motifs is 6. The van der Waals surface area contributed by atoms with Crippen LogP contribution in [0.3, 0.4) is 0 Å². The van der Waals surface area contributed by atoms with Crippen LogP contribution in [0.5, 0.6) is 0 Å². The molecule has 2 nitrogen and oxygen atoms in total. The summed E-state index contributed by atoms with van der Waals surface area (Å²) in [5.74, 6) is 0.643. The zero-order valence-corrected chi connectivity index (χ0v) is 9.20. The van der Waals surface area contributed by atoms with Gasteiger partial charge >= 0.3 is 0 Å². The van der Waals surface area contributed by atoms with Crippen molar-refractivity contribution < 1.29 is 4.74 Å². The molecule has 3 aliphatic rings. The van der Waals surface area contributed by atoms with E-state index in [4.69, 9.17) is 10.5 Å². The van der Waals surface area contributed by atoms with Crippen molar-refractivity contribution >= 4 is 5.57 Å². The molecular formula is C14H15NO. The van der Waals surface area contributed by atoms with E-state index in [-0.39, 0.29) is 6.04 Å². The quantitative estimate of drug-likeness (QED) is 0.718. The Hall–Kier alpha value is -1.12. The lowest BCUT2D eigenvalue weighted by atomic mass is 9.82. The Bertz CT molecular complexity index is 504. The van der Waals surface area contributed by atoms with Crippen molar-refractivity contribution in [3.63, 3.8) is 0 Å². The number of nitrogens with two attached hydrogens (primary N) is 1. The van der Waals surface area contributed by atoms with Gasteiger partial charge in [0.2, 0.25) is 0 Å². The normalized spacial score (nSPS) is 29.9. The maximum absolute atomic E-state index is 6.20. The van der Waals surface area contributed by atoms with Crippen LogP contribution in [-0.4, -0.2) is 6.61 Å². The highest BCUT2D eigenvalue weighted by Gasteiger charge is 2.34. The molecule has 2 aliphatic carbocycles. The minimum absolute atomic E-state index is 0.0760. The van der Waals surface area contributed by atoms with Crippen LogP contribution in [0.1, 0.15) is 47.1 Å². The Balaban J connectivity index is 1.98. The molecular weight excluding hydrogens is 198 g/mol. The van der Waals surface area contributed by atoms with E-state index in [9.17, 15) is 0 Å². The average molecular weight is 213 g/mol. The van der Waals surface area contributed by atoms with Crippen LogP contribution >= 0.6 is 0 Å². The van der Waals surface area contributed by atoms with Crippen LogP contribution in [0.2, 0.25) is 0 Å². The first-order valence-electron chi connectivity index (χ1n) is 6.04. The zero-order valence-electron chi connectivity index (χ0n) is 9.20. The molecule has 2 heteroatoms. The van der Waals surface area contributed by atoms with Gasteiger partial charge in [0.1, 0.15) is 0 Å². The van der Waals surface area contributed by atoms with E-state index in [0.717, 1.165) is 6.61 Å². The number of hydrogen-bond donors (Lipinski definition) is 1. The number of allylic oxidation sites excluding steroid dienone is 2. The first-order valence-corrected chi connectivity index (χ1v) is 6.04. The van der Waals surface area contributed by atoms with Gasteiger partial charge in [-0.05, 0) is 40.7 Å². The van der Waals surface area contributed by atoms with Crippen LogP contribution in [0.4, 0.5) is 0 Å². The number of hydrogen-bond acceptors (Lipinski definition) is 2. The first-order chi connectivity index (χ1) is 7.84. The number of benzene rings is 1. The SMILES string of the molecule is NC1COCc2ccc3c(c21)C1C=C3CC1. The fourth-order valence-electron chi connectivity index (χ4n) is 3.48. The van der Waals surface area contributed by atoms with Gasteiger partial charge in [-0.2, -0.15) is 0 Å². The van der Waals surface area contributed by atoms with Gasteiger partial charge < -0.3 is 10.5 Å². The van der Waals surface area contributed by atoms with E-state index >= 15 is 0 Å². The van der Waals surface area contributed by atoms with Gasteiger partial charge in [0.15, 0.2) is 0 Å². The molecule has 1 heterocycles. The molecule has 0 saturated carbocycles. The first kappa shape index (κ1) is 8.97. The van der Waals surface area contributed by atoms with Crippen molar-refractivity contribution in [1.29, 1.82) is 0 Å². The van der Waals surface area contributed by atoms with Crippen molar-refractivity contribution in [2.75, 3.05) is 6.61 Å². The number of rotatable bonds is 0. The predicted molar refractivity (Wildman–Crippen MR) is 63.0 cm³/mol. The Labute approximate surface area is 95.1 Å². The molecule has 0 radical (unpaired) electrons. The summed E-state index contributed by atoms with van der Waals surface area (Å²) in [5.41, 5.74) is 13.4. The number of ether oxygens (including phenoxy) is 1. The molecule has 2 N–H and O–H groups in total. The molecule has 1 aromatic carbocycles. The molecule has 1 aromatic rings. The third-order valence-corrected chi connectivity index (χ3v) is 4.15. The summed E-state index contributed by atoms with van der Waals surface area (Å²) in [4.78, 5) is 0. The standard InChI is InChI=1S/C14H15NO/c15-12-7-16-6-10-3-4-11-8-1-2-9(5-8)13(11)14(10)12/h3-5,9,12H,1-2,6-7,15H2. The van der Waals surface area contributed by atoms with E-state index < -0.39 is 0 Å². The van der Waals surface area contributed by atoms with Gasteiger partial charge in [0, 0.05) is 5.92 Å². The second-order valence-corrected chi connectivity index (χ2v) is 5.06. The van der Waals surface area contributed by atoms with Crippen molar-refractivity contribution in [1.82, 2.24) is 0 Å². The molecule has 2 atom stereocenters. The summed E-state index contributed by atoms with van der Waals surface area (Å²) >= 11 is 0. The molecule has 2 bridgehead atoms. The van der Waals surface area contributed by atoms with Crippen molar-refractivity contribution in [3.05, 3.63) is 40.5 Å². The maximum Gasteiger partial charge on any atom is 0.0721 e. The summed E-state index contributed by atoms with van der Waals surface area (Å²) in [5, 5.41) is 0. The zero-order chi connectivity index (χ0) is 10.7. The second kappa shape index (κ2) is 2.96. The minimum atomic E-state index is 0.0760. The molecule has 0 fully saturated rings. The van der Waals surface area contributed by atoms with Crippen LogP contribution in [0.25, 0.3) is 5.57 Å². The van der Waals surface area contributed by atoms with Gasteiger partial charge in [-0.15, -0.1) is 0 Å². The van der Waals surface area contributed by atoms with Gasteiger partial charge in [-0.25, -0.2) is 0 Å². The van der Waals surface area contributed by atoms with E-state index in [1.54, 1.807) is 5.57 Å². The van der Waals surface area contributed by atoms with Crippen LogP contribution < -0.4 is 5.73 Å². The van der Waals surface area contributed by atoms with Crippen molar-refractivity contribution in [3.8, 4) is 0 Å². The van der Waals surface area contributed by atoms with Gasteiger partial charge in [-0.3, -0.25) is 0 Å². The largest absolute Gasteiger partial charge is 0.375 e.